The van der Waals surface area contributed by atoms with Gasteiger partial charge < -0.3 is 16.2 Å². The molecule has 0 saturated carbocycles. The molecule has 6 heteroatoms. The maximum absolute atomic E-state index is 13.7. The lowest BCUT2D eigenvalue weighted by atomic mass is 10.0. The molecule has 4 nitrogen and oxygen atoms in total. The van der Waals surface area contributed by atoms with E-state index in [1.54, 1.807) is 0 Å². The Hall–Kier alpha value is -1.69. The Balaban J connectivity index is 2.94. The number of rotatable bonds is 6. The van der Waals surface area contributed by atoms with Crippen LogP contribution in [0.15, 0.2) is 12.1 Å². The average Bonchev–Trinajstić information content (AvgIpc) is 2.33. The van der Waals surface area contributed by atoms with Crippen LogP contribution in [0.2, 0.25) is 0 Å². The summed E-state index contributed by atoms with van der Waals surface area (Å²) in [7, 11) is 0. The molecule has 0 aromatic heterocycles. The van der Waals surface area contributed by atoms with Crippen molar-refractivity contribution in [1.82, 2.24) is 0 Å². The molecule has 19 heavy (non-hydrogen) atoms. The number of primary amides is 1. The maximum Gasteiger partial charge on any atom is 0.258 e. The molecular formula is C13H18F2N2O2. The van der Waals surface area contributed by atoms with E-state index in [0.717, 1.165) is 12.1 Å². The van der Waals surface area contributed by atoms with E-state index in [9.17, 15) is 13.6 Å². The summed E-state index contributed by atoms with van der Waals surface area (Å²) in [6.07, 6.45) is -0.0244. The quantitative estimate of drug-likeness (QED) is 0.823. The number of amides is 1. The van der Waals surface area contributed by atoms with Gasteiger partial charge in [0.1, 0.15) is 0 Å². The molecule has 0 aliphatic carbocycles. The minimum absolute atomic E-state index is 0.157. The predicted octanol–water partition coefficient (Wildman–Crippen LogP) is 1.50. The second-order valence-corrected chi connectivity index (χ2v) is 4.42. The van der Waals surface area contributed by atoms with Gasteiger partial charge in [0, 0.05) is 6.04 Å². The number of carbonyl (C=O) groups is 1. The normalized spacial score (nSPS) is 13.9. The van der Waals surface area contributed by atoms with Crippen molar-refractivity contribution in [2.45, 2.75) is 38.8 Å². The highest BCUT2D eigenvalue weighted by Crippen LogP contribution is 2.25. The van der Waals surface area contributed by atoms with Crippen molar-refractivity contribution in [3.8, 4) is 5.75 Å². The number of benzene rings is 1. The smallest absolute Gasteiger partial charge is 0.258 e. The first-order valence-electron chi connectivity index (χ1n) is 6.04. The molecule has 0 bridgehead atoms. The number of carbonyl (C=O) groups excluding carboxylic acids is 1. The van der Waals surface area contributed by atoms with Gasteiger partial charge in [0.05, 0.1) is 0 Å². The fourth-order valence-corrected chi connectivity index (χ4v) is 1.52. The van der Waals surface area contributed by atoms with Crippen LogP contribution in [-0.2, 0) is 11.2 Å². The van der Waals surface area contributed by atoms with Crippen LogP contribution in [0.4, 0.5) is 8.78 Å². The van der Waals surface area contributed by atoms with E-state index in [1.807, 2.05) is 6.92 Å². The summed E-state index contributed by atoms with van der Waals surface area (Å²) in [6.45, 7) is 3.21. The Morgan fingerprint density at radius 1 is 1.37 bits per heavy atom. The van der Waals surface area contributed by atoms with Gasteiger partial charge in [-0.2, -0.15) is 0 Å². The summed E-state index contributed by atoms with van der Waals surface area (Å²) in [5, 5.41) is 0. The van der Waals surface area contributed by atoms with Gasteiger partial charge in [0.25, 0.3) is 5.91 Å². The molecule has 2 unspecified atom stereocenters. The average molecular weight is 272 g/mol. The molecule has 0 aliphatic heterocycles. The molecule has 0 saturated heterocycles. The fraction of sp³-hybridized carbons (Fsp3) is 0.462. The van der Waals surface area contributed by atoms with Crippen LogP contribution in [0, 0.1) is 11.6 Å². The standard InChI is InChI=1S/C13H18F2N2O2/c1-3-9(16)4-8-5-10(14)12(11(15)6-8)19-7(2)13(17)18/h5-7,9H,3-4,16H2,1-2H3,(H2,17,18). The zero-order valence-electron chi connectivity index (χ0n) is 11.0. The molecule has 106 valence electrons. The summed E-state index contributed by atoms with van der Waals surface area (Å²) in [6, 6.07) is 2.15. The first-order chi connectivity index (χ1) is 8.85. The van der Waals surface area contributed by atoms with Crippen molar-refractivity contribution < 1.29 is 18.3 Å². The van der Waals surface area contributed by atoms with Gasteiger partial charge in [-0.3, -0.25) is 4.79 Å². The molecule has 1 rings (SSSR count). The summed E-state index contributed by atoms with van der Waals surface area (Å²) in [4.78, 5) is 10.8. The van der Waals surface area contributed by atoms with Gasteiger partial charge in [0.15, 0.2) is 23.5 Å². The highest BCUT2D eigenvalue weighted by Gasteiger charge is 2.18. The Bertz CT molecular complexity index is 443. The Kier molecular flexibility index (Phi) is 5.23. The zero-order chi connectivity index (χ0) is 14.6. The third kappa shape index (κ3) is 4.17. The Labute approximate surface area is 110 Å². The van der Waals surface area contributed by atoms with Crippen LogP contribution in [0.25, 0.3) is 0 Å². The maximum atomic E-state index is 13.7. The monoisotopic (exact) mass is 272 g/mol. The summed E-state index contributed by atoms with van der Waals surface area (Å²) in [5.41, 5.74) is 11.1. The van der Waals surface area contributed by atoms with Crippen LogP contribution in [0.3, 0.4) is 0 Å². The molecule has 0 spiro atoms. The van der Waals surface area contributed by atoms with Crippen molar-refractivity contribution in [1.29, 1.82) is 0 Å². The van der Waals surface area contributed by atoms with Gasteiger partial charge in [0.2, 0.25) is 0 Å². The van der Waals surface area contributed by atoms with Crippen molar-refractivity contribution in [3.63, 3.8) is 0 Å². The first-order valence-corrected chi connectivity index (χ1v) is 6.04. The van der Waals surface area contributed by atoms with E-state index in [4.69, 9.17) is 16.2 Å². The van der Waals surface area contributed by atoms with Gasteiger partial charge in [-0.1, -0.05) is 6.92 Å². The lowest BCUT2D eigenvalue weighted by Crippen LogP contribution is -2.31. The highest BCUT2D eigenvalue weighted by molar-refractivity contribution is 5.78. The summed E-state index contributed by atoms with van der Waals surface area (Å²) >= 11 is 0. The third-order valence-corrected chi connectivity index (χ3v) is 2.78. The molecule has 1 aromatic carbocycles. The molecule has 0 aliphatic rings. The van der Waals surface area contributed by atoms with Crippen molar-refractivity contribution in [2.75, 3.05) is 0 Å². The second kappa shape index (κ2) is 6.47. The van der Waals surface area contributed by atoms with Gasteiger partial charge in [-0.15, -0.1) is 0 Å². The van der Waals surface area contributed by atoms with E-state index >= 15 is 0 Å². The predicted molar refractivity (Wildman–Crippen MR) is 67.6 cm³/mol. The van der Waals surface area contributed by atoms with Crippen LogP contribution in [0.1, 0.15) is 25.8 Å². The van der Waals surface area contributed by atoms with Gasteiger partial charge in [-0.05, 0) is 37.5 Å². The van der Waals surface area contributed by atoms with Crippen molar-refractivity contribution >= 4 is 5.91 Å². The Morgan fingerprint density at radius 2 is 1.89 bits per heavy atom. The molecule has 0 radical (unpaired) electrons. The second-order valence-electron chi connectivity index (χ2n) is 4.42. The van der Waals surface area contributed by atoms with Crippen molar-refractivity contribution in [3.05, 3.63) is 29.3 Å². The lowest BCUT2D eigenvalue weighted by molar-refractivity contribution is -0.124. The van der Waals surface area contributed by atoms with Crippen molar-refractivity contribution in [2.24, 2.45) is 11.5 Å². The molecule has 4 N–H and O–H groups in total. The van der Waals surface area contributed by atoms with E-state index < -0.39 is 29.4 Å². The molecular weight excluding hydrogens is 254 g/mol. The van der Waals surface area contributed by atoms with E-state index in [1.165, 1.54) is 6.92 Å². The molecule has 1 aromatic rings. The van der Waals surface area contributed by atoms with Crippen LogP contribution in [-0.4, -0.2) is 18.1 Å². The summed E-state index contributed by atoms with van der Waals surface area (Å²) in [5.74, 6) is -3.13. The number of hydrogen-bond acceptors (Lipinski definition) is 3. The molecule has 0 heterocycles. The largest absolute Gasteiger partial charge is 0.475 e. The summed E-state index contributed by atoms with van der Waals surface area (Å²) < 4.78 is 32.3. The minimum atomic E-state index is -1.10. The SMILES string of the molecule is CCC(N)Cc1cc(F)c(OC(C)C(N)=O)c(F)c1. The van der Waals surface area contributed by atoms with Crippen LogP contribution in [0.5, 0.6) is 5.75 Å². The molecule has 2 atom stereocenters. The fourth-order valence-electron chi connectivity index (χ4n) is 1.52. The molecule has 1 amide bonds. The van der Waals surface area contributed by atoms with Crippen LogP contribution < -0.4 is 16.2 Å². The Morgan fingerprint density at radius 3 is 2.32 bits per heavy atom. The topological polar surface area (TPSA) is 78.3 Å². The third-order valence-electron chi connectivity index (χ3n) is 2.78. The number of hydrogen-bond donors (Lipinski definition) is 2. The van der Waals surface area contributed by atoms with E-state index in [2.05, 4.69) is 0 Å². The van der Waals surface area contributed by atoms with Gasteiger partial charge >= 0.3 is 0 Å². The first kappa shape index (κ1) is 15.4. The zero-order valence-corrected chi connectivity index (χ0v) is 11.0. The molecule has 0 fully saturated rings. The van der Waals surface area contributed by atoms with Crippen LogP contribution >= 0.6 is 0 Å². The number of ether oxygens (including phenoxy) is 1. The lowest BCUT2D eigenvalue weighted by Gasteiger charge is -2.14. The minimum Gasteiger partial charge on any atom is -0.475 e. The van der Waals surface area contributed by atoms with E-state index in [-0.39, 0.29) is 6.04 Å². The highest BCUT2D eigenvalue weighted by atomic mass is 19.1. The van der Waals surface area contributed by atoms with Gasteiger partial charge in [-0.25, -0.2) is 8.78 Å². The number of halogens is 2. The van der Waals surface area contributed by atoms with E-state index in [0.29, 0.717) is 18.4 Å². The number of nitrogens with two attached hydrogens (primary N) is 2.